The van der Waals surface area contributed by atoms with Crippen LogP contribution in [0.2, 0.25) is 0 Å². The molecule has 4 heteroatoms. The van der Waals surface area contributed by atoms with Crippen LogP contribution in [-0.4, -0.2) is 13.3 Å². The van der Waals surface area contributed by atoms with Gasteiger partial charge in [-0.25, -0.2) is 4.39 Å². The van der Waals surface area contributed by atoms with Crippen molar-refractivity contribution < 1.29 is 9.13 Å². The molecule has 0 fully saturated rings. The second kappa shape index (κ2) is 6.59. The van der Waals surface area contributed by atoms with Crippen molar-refractivity contribution >= 4 is 11.8 Å². The first-order valence-electron chi connectivity index (χ1n) is 5.98. The first-order chi connectivity index (χ1) is 9.24. The Bertz CT molecular complexity index is 560. The normalized spacial score (nSPS) is 10.5. The molecular weight excluding hydrogens is 261 g/mol. The maximum absolute atomic E-state index is 13.9. The van der Waals surface area contributed by atoms with E-state index in [4.69, 9.17) is 4.74 Å². The Morgan fingerprint density at radius 2 is 1.95 bits per heavy atom. The summed E-state index contributed by atoms with van der Waals surface area (Å²) in [5.41, 5.74) is 0.894. The van der Waals surface area contributed by atoms with E-state index in [1.165, 1.54) is 6.07 Å². The Hall–Kier alpha value is -1.52. The van der Waals surface area contributed by atoms with Crippen molar-refractivity contribution in [3.05, 3.63) is 53.8 Å². The quantitative estimate of drug-likeness (QED) is 0.833. The van der Waals surface area contributed by atoms with E-state index in [1.54, 1.807) is 17.8 Å². The van der Waals surface area contributed by atoms with E-state index >= 15 is 0 Å². The van der Waals surface area contributed by atoms with Gasteiger partial charge >= 0.3 is 0 Å². The number of thioether (sulfide) groups is 1. The Morgan fingerprint density at radius 3 is 2.63 bits per heavy atom. The van der Waals surface area contributed by atoms with Crippen molar-refractivity contribution in [1.29, 1.82) is 0 Å². The Balaban J connectivity index is 2.23. The molecule has 19 heavy (non-hydrogen) atoms. The average molecular weight is 277 g/mol. The number of hydrogen-bond acceptors (Lipinski definition) is 3. The summed E-state index contributed by atoms with van der Waals surface area (Å²) in [4.78, 5) is 0.987. The molecule has 2 aromatic rings. The van der Waals surface area contributed by atoms with Crippen molar-refractivity contribution in [3.8, 4) is 11.5 Å². The molecule has 0 amide bonds. The van der Waals surface area contributed by atoms with Crippen LogP contribution >= 0.6 is 11.8 Å². The van der Waals surface area contributed by atoms with Gasteiger partial charge in [0, 0.05) is 11.4 Å². The second-order valence-corrected chi connectivity index (χ2v) is 4.90. The lowest BCUT2D eigenvalue weighted by molar-refractivity contribution is 0.433. The first-order valence-corrected chi connectivity index (χ1v) is 7.21. The molecule has 0 radical (unpaired) electrons. The predicted octanol–water partition coefficient (Wildman–Crippen LogP) is 4.06. The van der Waals surface area contributed by atoms with Crippen LogP contribution < -0.4 is 10.1 Å². The summed E-state index contributed by atoms with van der Waals surface area (Å²) in [6.07, 6.45) is 1.97. The number of benzene rings is 2. The number of halogens is 1. The molecule has 0 unspecified atom stereocenters. The molecule has 0 atom stereocenters. The van der Waals surface area contributed by atoms with Gasteiger partial charge in [0.05, 0.1) is 0 Å². The Kier molecular flexibility index (Phi) is 4.82. The average Bonchev–Trinajstić information content (AvgIpc) is 2.43. The fourth-order valence-electron chi connectivity index (χ4n) is 1.76. The molecule has 2 rings (SSSR count). The smallest absolute Gasteiger partial charge is 0.166 e. The molecule has 0 aliphatic carbocycles. The molecule has 0 aromatic heterocycles. The van der Waals surface area contributed by atoms with Gasteiger partial charge in [-0.3, -0.25) is 0 Å². The van der Waals surface area contributed by atoms with Gasteiger partial charge in [0.2, 0.25) is 0 Å². The number of ether oxygens (including phenoxy) is 1. The summed E-state index contributed by atoms with van der Waals surface area (Å²) >= 11 is 1.57. The SMILES string of the molecule is CNCc1ccc(Oc2ccccc2SC)c(F)c1. The highest BCUT2D eigenvalue weighted by Crippen LogP contribution is 2.32. The van der Waals surface area contributed by atoms with Gasteiger partial charge < -0.3 is 10.1 Å². The van der Waals surface area contributed by atoms with Crippen LogP contribution in [-0.2, 0) is 6.54 Å². The minimum Gasteiger partial charge on any atom is -0.453 e. The van der Waals surface area contributed by atoms with Gasteiger partial charge in [0.1, 0.15) is 5.75 Å². The van der Waals surface area contributed by atoms with Gasteiger partial charge in [-0.2, -0.15) is 0 Å². The van der Waals surface area contributed by atoms with E-state index in [1.807, 2.05) is 43.6 Å². The minimum absolute atomic E-state index is 0.251. The van der Waals surface area contributed by atoms with Crippen LogP contribution in [0.1, 0.15) is 5.56 Å². The number of rotatable bonds is 5. The molecule has 0 heterocycles. The highest BCUT2D eigenvalue weighted by Gasteiger charge is 2.08. The van der Waals surface area contributed by atoms with E-state index in [0.717, 1.165) is 10.5 Å². The molecule has 0 aliphatic rings. The fourth-order valence-corrected chi connectivity index (χ4v) is 2.29. The lowest BCUT2D eigenvalue weighted by Gasteiger charge is -2.11. The molecule has 1 N–H and O–H groups in total. The molecule has 2 nitrogen and oxygen atoms in total. The highest BCUT2D eigenvalue weighted by atomic mass is 32.2. The van der Waals surface area contributed by atoms with Crippen LogP contribution in [0, 0.1) is 5.82 Å². The number of hydrogen-bond donors (Lipinski definition) is 1. The van der Waals surface area contributed by atoms with Crippen molar-refractivity contribution in [3.63, 3.8) is 0 Å². The molecule has 0 bridgehead atoms. The molecule has 0 saturated carbocycles. The van der Waals surface area contributed by atoms with Crippen LogP contribution in [0.3, 0.4) is 0 Å². The summed E-state index contributed by atoms with van der Waals surface area (Å²) in [6, 6.07) is 12.6. The van der Waals surface area contributed by atoms with Crippen molar-refractivity contribution in [2.75, 3.05) is 13.3 Å². The van der Waals surface area contributed by atoms with E-state index < -0.39 is 0 Å². The molecule has 100 valence electrons. The third-order valence-corrected chi connectivity index (χ3v) is 3.44. The van der Waals surface area contributed by atoms with E-state index in [2.05, 4.69) is 5.32 Å². The van der Waals surface area contributed by atoms with Gasteiger partial charge in [0.25, 0.3) is 0 Å². The summed E-state index contributed by atoms with van der Waals surface area (Å²) in [5.74, 6) is 0.584. The fraction of sp³-hybridized carbons (Fsp3) is 0.200. The van der Waals surface area contributed by atoms with Crippen LogP contribution in [0.4, 0.5) is 4.39 Å². The molecular formula is C15H16FNOS. The summed E-state index contributed by atoms with van der Waals surface area (Å²) in [6.45, 7) is 0.637. The van der Waals surface area contributed by atoms with E-state index in [0.29, 0.717) is 12.3 Å². The zero-order valence-electron chi connectivity index (χ0n) is 10.9. The first kappa shape index (κ1) is 13.9. The number of para-hydroxylation sites is 1. The highest BCUT2D eigenvalue weighted by molar-refractivity contribution is 7.98. The lowest BCUT2D eigenvalue weighted by atomic mass is 10.2. The largest absolute Gasteiger partial charge is 0.453 e. The molecule has 2 aromatic carbocycles. The van der Waals surface area contributed by atoms with Crippen molar-refractivity contribution in [2.24, 2.45) is 0 Å². The lowest BCUT2D eigenvalue weighted by Crippen LogP contribution is -2.05. The van der Waals surface area contributed by atoms with Crippen LogP contribution in [0.25, 0.3) is 0 Å². The molecule has 0 saturated heterocycles. The minimum atomic E-state index is -0.344. The second-order valence-electron chi connectivity index (χ2n) is 4.05. The van der Waals surface area contributed by atoms with Crippen LogP contribution in [0.5, 0.6) is 11.5 Å². The molecule has 0 aliphatic heterocycles. The van der Waals surface area contributed by atoms with Gasteiger partial charge in [-0.1, -0.05) is 18.2 Å². The topological polar surface area (TPSA) is 21.3 Å². The summed E-state index contributed by atoms with van der Waals surface area (Å²) in [7, 11) is 1.83. The van der Waals surface area contributed by atoms with E-state index in [9.17, 15) is 4.39 Å². The summed E-state index contributed by atoms with van der Waals surface area (Å²) in [5, 5.41) is 2.99. The maximum Gasteiger partial charge on any atom is 0.166 e. The van der Waals surface area contributed by atoms with Gasteiger partial charge in [-0.05, 0) is 43.1 Å². The Labute approximate surface area is 117 Å². The van der Waals surface area contributed by atoms with Crippen molar-refractivity contribution in [2.45, 2.75) is 11.4 Å². The maximum atomic E-state index is 13.9. The monoisotopic (exact) mass is 277 g/mol. The summed E-state index contributed by atoms with van der Waals surface area (Å²) < 4.78 is 19.6. The zero-order chi connectivity index (χ0) is 13.7. The standard InChI is InChI=1S/C15H16FNOS/c1-17-10-11-7-8-13(12(16)9-11)18-14-5-3-4-6-15(14)19-2/h3-9,17H,10H2,1-2H3. The molecule has 0 spiro atoms. The van der Waals surface area contributed by atoms with Crippen molar-refractivity contribution in [1.82, 2.24) is 5.32 Å². The van der Waals surface area contributed by atoms with Gasteiger partial charge in [0.15, 0.2) is 11.6 Å². The zero-order valence-corrected chi connectivity index (χ0v) is 11.8. The van der Waals surface area contributed by atoms with Gasteiger partial charge in [-0.15, -0.1) is 11.8 Å². The Morgan fingerprint density at radius 1 is 1.16 bits per heavy atom. The van der Waals surface area contributed by atoms with E-state index in [-0.39, 0.29) is 11.6 Å². The number of nitrogens with one attached hydrogen (secondary N) is 1. The third-order valence-electron chi connectivity index (χ3n) is 2.67. The predicted molar refractivity (Wildman–Crippen MR) is 77.5 cm³/mol. The third kappa shape index (κ3) is 3.49. The van der Waals surface area contributed by atoms with Crippen LogP contribution in [0.15, 0.2) is 47.4 Å².